The van der Waals surface area contributed by atoms with Crippen LogP contribution in [0.2, 0.25) is 0 Å². The van der Waals surface area contributed by atoms with Gasteiger partial charge in [-0.25, -0.2) is 4.98 Å². The Bertz CT molecular complexity index is 538. The van der Waals surface area contributed by atoms with E-state index in [9.17, 15) is 0 Å². The van der Waals surface area contributed by atoms with E-state index in [1.54, 1.807) is 6.20 Å². The average molecular weight is 233 g/mol. The van der Waals surface area contributed by atoms with Crippen LogP contribution in [-0.2, 0) is 0 Å². The monoisotopic (exact) mass is 233 g/mol. The normalized spacial score (nSPS) is 24.4. The van der Waals surface area contributed by atoms with Crippen molar-refractivity contribution < 1.29 is 9.15 Å². The van der Waals surface area contributed by atoms with E-state index in [2.05, 4.69) is 22.2 Å². The van der Waals surface area contributed by atoms with Gasteiger partial charge >= 0.3 is 0 Å². The number of nitrogens with zero attached hydrogens (tertiary/aromatic N) is 2. The van der Waals surface area contributed by atoms with Crippen molar-refractivity contribution >= 4 is 11.2 Å². The fourth-order valence-corrected chi connectivity index (χ4v) is 2.15. The molecule has 1 saturated heterocycles. The average Bonchev–Trinajstić information content (AvgIpc) is 2.83. The molecule has 2 aromatic heterocycles. The first-order valence-electron chi connectivity index (χ1n) is 5.84. The van der Waals surface area contributed by atoms with E-state index in [1.165, 1.54) is 0 Å². The van der Waals surface area contributed by atoms with Crippen LogP contribution >= 0.6 is 0 Å². The Morgan fingerprint density at radius 1 is 1.53 bits per heavy atom. The molecule has 1 N–H and O–H groups in total. The van der Waals surface area contributed by atoms with Gasteiger partial charge in [0.2, 0.25) is 0 Å². The van der Waals surface area contributed by atoms with Crippen molar-refractivity contribution in [1.82, 2.24) is 15.3 Å². The summed E-state index contributed by atoms with van der Waals surface area (Å²) in [6.07, 6.45) is 2.94. The number of aryl methyl sites for hydroxylation is 1. The van der Waals surface area contributed by atoms with E-state index in [4.69, 9.17) is 9.15 Å². The van der Waals surface area contributed by atoms with E-state index in [-0.39, 0.29) is 6.10 Å². The van der Waals surface area contributed by atoms with E-state index >= 15 is 0 Å². The highest BCUT2D eigenvalue weighted by molar-refractivity contribution is 5.69. The van der Waals surface area contributed by atoms with E-state index in [1.807, 2.05) is 13.0 Å². The van der Waals surface area contributed by atoms with Crippen molar-refractivity contribution in [3.05, 3.63) is 18.2 Å². The molecule has 0 spiro atoms. The van der Waals surface area contributed by atoms with Crippen molar-refractivity contribution in [2.45, 2.75) is 32.4 Å². The molecular weight excluding hydrogens is 218 g/mol. The fraction of sp³-hybridized carbons (Fsp3) is 0.500. The maximum absolute atomic E-state index is 5.85. The number of oxazole rings is 1. The molecule has 5 nitrogen and oxygen atoms in total. The topological polar surface area (TPSA) is 60.2 Å². The summed E-state index contributed by atoms with van der Waals surface area (Å²) in [6, 6.07) is 2.37. The molecule has 1 fully saturated rings. The summed E-state index contributed by atoms with van der Waals surface area (Å²) in [5.74, 6) is 1.37. The number of rotatable bonds is 2. The molecule has 2 aromatic rings. The van der Waals surface area contributed by atoms with Crippen LogP contribution in [0.1, 0.15) is 19.2 Å². The minimum Gasteiger partial charge on any atom is -0.487 e. The number of aromatic nitrogens is 2. The molecule has 17 heavy (non-hydrogen) atoms. The van der Waals surface area contributed by atoms with Gasteiger partial charge in [-0.15, -0.1) is 0 Å². The van der Waals surface area contributed by atoms with Crippen molar-refractivity contribution in [1.29, 1.82) is 0 Å². The third-order valence-electron chi connectivity index (χ3n) is 2.94. The Morgan fingerprint density at radius 2 is 2.41 bits per heavy atom. The third-order valence-corrected chi connectivity index (χ3v) is 2.94. The minimum atomic E-state index is 0.216. The van der Waals surface area contributed by atoms with Crippen LogP contribution in [0.3, 0.4) is 0 Å². The smallest absolute Gasteiger partial charge is 0.199 e. The molecule has 0 amide bonds. The molecule has 0 saturated carbocycles. The second-order valence-electron chi connectivity index (χ2n) is 4.51. The molecule has 3 rings (SSSR count). The predicted molar refractivity (Wildman–Crippen MR) is 63.0 cm³/mol. The number of nitrogens with one attached hydrogen (secondary N) is 1. The summed E-state index contributed by atoms with van der Waals surface area (Å²) in [7, 11) is 0. The van der Waals surface area contributed by atoms with Gasteiger partial charge in [0.1, 0.15) is 11.9 Å². The van der Waals surface area contributed by atoms with Crippen LogP contribution in [0.25, 0.3) is 11.2 Å². The Kier molecular flexibility index (Phi) is 2.48. The molecule has 0 aliphatic carbocycles. The SMILES string of the molecule is Cc1nc2ncc(OC3CNC(C)C3)cc2o1. The Hall–Kier alpha value is -1.62. The largest absolute Gasteiger partial charge is 0.487 e. The Balaban J connectivity index is 1.80. The third kappa shape index (κ3) is 2.10. The first-order valence-corrected chi connectivity index (χ1v) is 5.84. The Morgan fingerprint density at radius 3 is 3.18 bits per heavy atom. The number of fused-ring (bicyclic) bond motifs is 1. The molecule has 2 atom stereocenters. The van der Waals surface area contributed by atoms with Crippen LogP contribution in [0.15, 0.2) is 16.7 Å². The number of hydrogen-bond donors (Lipinski definition) is 1. The van der Waals surface area contributed by atoms with Crippen molar-refractivity contribution in [2.75, 3.05) is 6.54 Å². The summed E-state index contributed by atoms with van der Waals surface area (Å²) >= 11 is 0. The number of hydrogen-bond acceptors (Lipinski definition) is 5. The molecular formula is C12H15N3O2. The lowest BCUT2D eigenvalue weighted by Crippen LogP contribution is -2.20. The molecule has 2 unspecified atom stereocenters. The molecule has 0 bridgehead atoms. The van der Waals surface area contributed by atoms with E-state index < -0.39 is 0 Å². The van der Waals surface area contributed by atoms with Crippen LogP contribution in [0.5, 0.6) is 5.75 Å². The van der Waals surface area contributed by atoms with E-state index in [0.717, 1.165) is 18.7 Å². The summed E-state index contributed by atoms with van der Waals surface area (Å²) in [5.41, 5.74) is 1.31. The highest BCUT2D eigenvalue weighted by Crippen LogP contribution is 2.21. The quantitative estimate of drug-likeness (QED) is 0.854. The van der Waals surface area contributed by atoms with Crippen molar-refractivity contribution in [2.24, 2.45) is 0 Å². The highest BCUT2D eigenvalue weighted by atomic mass is 16.5. The molecule has 0 radical (unpaired) electrons. The zero-order valence-corrected chi connectivity index (χ0v) is 9.93. The van der Waals surface area contributed by atoms with Crippen LogP contribution in [0, 0.1) is 6.92 Å². The first-order chi connectivity index (χ1) is 8.20. The zero-order valence-electron chi connectivity index (χ0n) is 9.93. The number of pyridine rings is 1. The van der Waals surface area contributed by atoms with Crippen molar-refractivity contribution in [3.63, 3.8) is 0 Å². The second kappa shape index (κ2) is 4.00. The fourth-order valence-electron chi connectivity index (χ4n) is 2.15. The van der Waals surface area contributed by atoms with Gasteiger partial charge in [-0.1, -0.05) is 0 Å². The van der Waals surface area contributed by atoms with Crippen LogP contribution in [-0.4, -0.2) is 28.7 Å². The van der Waals surface area contributed by atoms with Gasteiger partial charge in [0, 0.05) is 32.0 Å². The molecule has 0 aromatic carbocycles. The molecule has 5 heteroatoms. The summed E-state index contributed by atoms with van der Waals surface area (Å²) in [6.45, 7) is 4.85. The molecule has 1 aliphatic rings. The second-order valence-corrected chi connectivity index (χ2v) is 4.51. The highest BCUT2D eigenvalue weighted by Gasteiger charge is 2.22. The molecule has 90 valence electrons. The summed E-state index contributed by atoms with van der Waals surface area (Å²) in [5, 5.41) is 3.35. The minimum absolute atomic E-state index is 0.216. The van der Waals surface area contributed by atoms with Gasteiger partial charge in [-0.3, -0.25) is 0 Å². The van der Waals surface area contributed by atoms with Crippen LogP contribution < -0.4 is 10.1 Å². The predicted octanol–water partition coefficient (Wildman–Crippen LogP) is 1.66. The zero-order chi connectivity index (χ0) is 11.8. The lowest BCUT2D eigenvalue weighted by Gasteiger charge is -2.11. The molecule has 1 aliphatic heterocycles. The lowest BCUT2D eigenvalue weighted by molar-refractivity contribution is 0.220. The Labute approximate surface area is 99.2 Å². The van der Waals surface area contributed by atoms with Gasteiger partial charge in [-0.2, -0.15) is 4.98 Å². The summed E-state index contributed by atoms with van der Waals surface area (Å²) < 4.78 is 11.3. The molecule has 3 heterocycles. The van der Waals surface area contributed by atoms with Gasteiger partial charge in [0.15, 0.2) is 17.1 Å². The summed E-state index contributed by atoms with van der Waals surface area (Å²) in [4.78, 5) is 8.37. The van der Waals surface area contributed by atoms with E-state index in [0.29, 0.717) is 23.2 Å². The lowest BCUT2D eigenvalue weighted by atomic mass is 10.2. The van der Waals surface area contributed by atoms with Crippen molar-refractivity contribution in [3.8, 4) is 5.75 Å². The maximum Gasteiger partial charge on any atom is 0.199 e. The van der Waals surface area contributed by atoms with Crippen LogP contribution in [0.4, 0.5) is 0 Å². The standard InChI is InChI=1S/C12H15N3O2/c1-7-3-9(5-13-7)17-10-4-11-12(14-6-10)15-8(2)16-11/h4,6-7,9,13H,3,5H2,1-2H3. The van der Waals surface area contributed by atoms with Gasteiger partial charge in [-0.05, 0) is 6.92 Å². The van der Waals surface area contributed by atoms with Gasteiger partial charge in [0.25, 0.3) is 0 Å². The maximum atomic E-state index is 5.85. The first kappa shape index (κ1) is 10.5. The van der Waals surface area contributed by atoms with Gasteiger partial charge in [0.05, 0.1) is 6.20 Å². The van der Waals surface area contributed by atoms with Gasteiger partial charge < -0.3 is 14.5 Å². The number of ether oxygens (including phenoxy) is 1.